The van der Waals surface area contributed by atoms with E-state index in [-0.39, 0.29) is 17.1 Å². The maximum Gasteiger partial charge on any atom is 0.433 e. The molecule has 0 aliphatic rings. The summed E-state index contributed by atoms with van der Waals surface area (Å²) in [6.07, 6.45) is -5.34. The zero-order valence-corrected chi connectivity index (χ0v) is 12.9. The molecule has 1 heterocycles. The van der Waals surface area contributed by atoms with E-state index < -0.39 is 18.0 Å². The molecule has 0 spiro atoms. The van der Waals surface area contributed by atoms with Crippen molar-refractivity contribution in [2.45, 2.75) is 18.7 Å². The minimum atomic E-state index is -4.56. The Bertz CT molecular complexity index is 631. The Labute approximate surface area is 132 Å². The van der Waals surface area contributed by atoms with Gasteiger partial charge >= 0.3 is 6.18 Å². The van der Waals surface area contributed by atoms with E-state index in [0.717, 1.165) is 22.2 Å². The number of aliphatic hydroxyl groups excluding tert-OH is 1. The van der Waals surface area contributed by atoms with E-state index in [2.05, 4.69) is 20.9 Å². The molecule has 0 radical (unpaired) electrons. The molecule has 1 aromatic heterocycles. The summed E-state index contributed by atoms with van der Waals surface area (Å²) in [7, 11) is 0. The molecule has 21 heavy (non-hydrogen) atoms. The Morgan fingerprint density at radius 3 is 2.29 bits per heavy atom. The third-order valence-electron chi connectivity index (χ3n) is 2.87. The highest BCUT2D eigenvalue weighted by molar-refractivity contribution is 9.10. The fraction of sp³-hybridized carbons (Fsp3) is 0.214. The lowest BCUT2D eigenvalue weighted by molar-refractivity contribution is -0.141. The van der Waals surface area contributed by atoms with Gasteiger partial charge in [-0.05, 0) is 23.8 Å². The second kappa shape index (κ2) is 6.34. The third-order valence-corrected chi connectivity index (χ3v) is 3.70. The van der Waals surface area contributed by atoms with Crippen molar-refractivity contribution in [3.05, 3.63) is 62.8 Å². The van der Waals surface area contributed by atoms with Crippen molar-refractivity contribution >= 4 is 27.5 Å². The number of benzene rings is 1. The molecular weight excluding hydrogens is 371 g/mol. The minimum absolute atomic E-state index is 0.174. The third kappa shape index (κ3) is 4.18. The van der Waals surface area contributed by atoms with Crippen LogP contribution in [-0.2, 0) is 12.6 Å². The first-order chi connectivity index (χ1) is 9.77. The molecule has 2 nitrogen and oxygen atoms in total. The van der Waals surface area contributed by atoms with Crippen LogP contribution in [0.25, 0.3) is 0 Å². The van der Waals surface area contributed by atoms with Gasteiger partial charge in [-0.2, -0.15) is 13.2 Å². The quantitative estimate of drug-likeness (QED) is 0.777. The Kier molecular flexibility index (Phi) is 4.91. The predicted octanol–water partition coefficient (Wildman–Crippen LogP) is 4.79. The molecule has 1 atom stereocenters. The number of aromatic nitrogens is 1. The summed E-state index contributed by atoms with van der Waals surface area (Å²) in [5, 5.41) is 9.76. The van der Waals surface area contributed by atoms with Gasteiger partial charge in [0.05, 0.1) is 6.10 Å². The van der Waals surface area contributed by atoms with Crippen molar-refractivity contribution in [1.29, 1.82) is 0 Å². The summed E-state index contributed by atoms with van der Waals surface area (Å²) < 4.78 is 38.4. The van der Waals surface area contributed by atoms with Gasteiger partial charge in [0.25, 0.3) is 0 Å². The zero-order chi connectivity index (χ0) is 15.6. The summed E-state index contributed by atoms with van der Waals surface area (Å²) in [5.74, 6) is 0. The van der Waals surface area contributed by atoms with E-state index >= 15 is 0 Å². The van der Waals surface area contributed by atoms with Crippen LogP contribution in [0.4, 0.5) is 13.2 Å². The number of pyridine rings is 1. The van der Waals surface area contributed by atoms with Crippen LogP contribution < -0.4 is 0 Å². The molecule has 2 aromatic rings. The SMILES string of the molecule is OC(Cc1ccc(Br)cc1)c1ccc(C(F)(F)F)nc1Cl. The topological polar surface area (TPSA) is 33.1 Å². The lowest BCUT2D eigenvalue weighted by Crippen LogP contribution is -2.10. The first-order valence-electron chi connectivity index (χ1n) is 5.93. The first kappa shape index (κ1) is 16.3. The molecule has 1 N–H and O–H groups in total. The highest BCUT2D eigenvalue weighted by atomic mass is 79.9. The van der Waals surface area contributed by atoms with Gasteiger partial charge in [0.2, 0.25) is 0 Å². The average Bonchev–Trinajstić information content (AvgIpc) is 2.40. The smallest absolute Gasteiger partial charge is 0.388 e. The molecule has 0 bridgehead atoms. The van der Waals surface area contributed by atoms with E-state index in [1.165, 1.54) is 0 Å². The second-order valence-corrected chi connectivity index (χ2v) is 5.69. The van der Waals surface area contributed by atoms with Gasteiger partial charge in [0, 0.05) is 16.5 Å². The molecule has 112 valence electrons. The standard InChI is InChI=1S/C14H10BrClF3NO/c15-9-3-1-8(2-4-9)7-11(21)10-5-6-12(14(17,18)19)20-13(10)16/h1-6,11,21H,7H2. The monoisotopic (exact) mass is 379 g/mol. The van der Waals surface area contributed by atoms with Crippen molar-refractivity contribution in [2.24, 2.45) is 0 Å². The molecule has 0 amide bonds. The largest absolute Gasteiger partial charge is 0.433 e. The van der Waals surface area contributed by atoms with Crippen LogP contribution in [0.15, 0.2) is 40.9 Å². The fourth-order valence-corrected chi connectivity index (χ4v) is 2.35. The van der Waals surface area contributed by atoms with E-state index in [9.17, 15) is 18.3 Å². The number of halogens is 5. The summed E-state index contributed by atoms with van der Waals surface area (Å²) in [6, 6.07) is 9.20. The zero-order valence-electron chi connectivity index (χ0n) is 10.5. The lowest BCUT2D eigenvalue weighted by atomic mass is 10.0. The molecule has 0 fully saturated rings. The molecule has 2 rings (SSSR count). The van der Waals surface area contributed by atoms with Crippen molar-refractivity contribution < 1.29 is 18.3 Å². The Balaban J connectivity index is 2.19. The number of rotatable bonds is 3. The van der Waals surface area contributed by atoms with Crippen LogP contribution in [0.3, 0.4) is 0 Å². The summed E-state index contributed by atoms with van der Waals surface area (Å²) >= 11 is 9.04. The summed E-state index contributed by atoms with van der Waals surface area (Å²) in [6.45, 7) is 0. The van der Waals surface area contributed by atoms with E-state index in [1.54, 1.807) is 12.1 Å². The van der Waals surface area contributed by atoms with E-state index in [1.807, 2.05) is 12.1 Å². The van der Waals surface area contributed by atoms with Gasteiger partial charge in [-0.3, -0.25) is 0 Å². The first-order valence-corrected chi connectivity index (χ1v) is 7.10. The molecule has 1 unspecified atom stereocenters. The van der Waals surface area contributed by atoms with Crippen molar-refractivity contribution in [2.75, 3.05) is 0 Å². The normalized spacial score (nSPS) is 13.2. The van der Waals surface area contributed by atoms with E-state index in [4.69, 9.17) is 11.6 Å². The van der Waals surface area contributed by atoms with Crippen molar-refractivity contribution in [1.82, 2.24) is 4.98 Å². The number of aliphatic hydroxyl groups is 1. The molecule has 7 heteroatoms. The highest BCUT2D eigenvalue weighted by Crippen LogP contribution is 2.31. The van der Waals surface area contributed by atoms with Gasteiger partial charge in [-0.15, -0.1) is 0 Å². The molecule has 1 aromatic carbocycles. The molecule has 0 aliphatic heterocycles. The van der Waals surface area contributed by atoms with Gasteiger partial charge < -0.3 is 5.11 Å². The number of hydrogen-bond acceptors (Lipinski definition) is 2. The maximum atomic E-state index is 12.5. The van der Waals surface area contributed by atoms with Crippen LogP contribution >= 0.6 is 27.5 Å². The minimum Gasteiger partial charge on any atom is -0.388 e. The lowest BCUT2D eigenvalue weighted by Gasteiger charge is -2.14. The Hall–Kier alpha value is -1.11. The van der Waals surface area contributed by atoms with E-state index in [0.29, 0.717) is 0 Å². The molecular formula is C14H10BrClF3NO. The average molecular weight is 381 g/mol. The Morgan fingerprint density at radius 2 is 1.76 bits per heavy atom. The number of nitrogens with zero attached hydrogens (tertiary/aromatic N) is 1. The van der Waals surface area contributed by atoms with Crippen LogP contribution in [0.5, 0.6) is 0 Å². The van der Waals surface area contributed by atoms with Crippen molar-refractivity contribution in [3.63, 3.8) is 0 Å². The molecule has 0 saturated heterocycles. The molecule has 0 aliphatic carbocycles. The van der Waals surface area contributed by atoms with Crippen LogP contribution in [0.2, 0.25) is 5.15 Å². The van der Waals surface area contributed by atoms with Crippen LogP contribution in [0, 0.1) is 0 Å². The summed E-state index contributed by atoms with van der Waals surface area (Å²) in [4.78, 5) is 3.29. The Morgan fingerprint density at radius 1 is 1.14 bits per heavy atom. The predicted molar refractivity (Wildman–Crippen MR) is 77.1 cm³/mol. The van der Waals surface area contributed by atoms with Gasteiger partial charge in [-0.1, -0.05) is 45.7 Å². The fourth-order valence-electron chi connectivity index (χ4n) is 1.81. The van der Waals surface area contributed by atoms with Gasteiger partial charge in [0.15, 0.2) is 0 Å². The highest BCUT2D eigenvalue weighted by Gasteiger charge is 2.33. The van der Waals surface area contributed by atoms with Crippen molar-refractivity contribution in [3.8, 4) is 0 Å². The number of hydrogen-bond donors (Lipinski definition) is 1. The van der Waals surface area contributed by atoms with Crippen LogP contribution in [-0.4, -0.2) is 10.1 Å². The summed E-state index contributed by atoms with van der Waals surface area (Å²) in [5.41, 5.74) is -0.0682. The second-order valence-electron chi connectivity index (χ2n) is 4.42. The maximum absolute atomic E-state index is 12.5. The number of alkyl halides is 3. The van der Waals surface area contributed by atoms with Gasteiger partial charge in [0.1, 0.15) is 10.8 Å². The van der Waals surface area contributed by atoms with Crippen LogP contribution in [0.1, 0.15) is 22.9 Å². The molecule has 0 saturated carbocycles. The van der Waals surface area contributed by atoms with Gasteiger partial charge in [-0.25, -0.2) is 4.98 Å².